The van der Waals surface area contributed by atoms with Crippen molar-refractivity contribution >= 4 is 11.7 Å². The van der Waals surface area contributed by atoms with Crippen LogP contribution >= 0.6 is 0 Å². The Hall–Kier alpha value is -1.65. The van der Waals surface area contributed by atoms with Gasteiger partial charge >= 0.3 is 0 Å². The van der Waals surface area contributed by atoms with E-state index >= 15 is 0 Å². The molecule has 0 aliphatic heterocycles. The monoisotopic (exact) mass is 222 g/mol. The Morgan fingerprint density at radius 2 is 2.19 bits per heavy atom. The Morgan fingerprint density at radius 3 is 2.88 bits per heavy atom. The number of aryl methyl sites for hydroxylation is 2. The molecule has 2 N–H and O–H groups in total. The number of hydrogen-bond acceptors (Lipinski definition) is 4. The Balaban J connectivity index is 2.47. The first kappa shape index (κ1) is 12.4. The van der Waals surface area contributed by atoms with Crippen molar-refractivity contribution in [3.8, 4) is 0 Å². The summed E-state index contributed by atoms with van der Waals surface area (Å²) in [6.07, 6.45) is 2.65. The summed E-state index contributed by atoms with van der Waals surface area (Å²) in [5.41, 5.74) is 1.64. The molecule has 0 aliphatic carbocycles. The van der Waals surface area contributed by atoms with Crippen molar-refractivity contribution < 1.29 is 4.79 Å². The lowest BCUT2D eigenvalue weighted by Crippen LogP contribution is -2.30. The van der Waals surface area contributed by atoms with Crippen molar-refractivity contribution in [3.63, 3.8) is 0 Å². The van der Waals surface area contributed by atoms with E-state index in [9.17, 15) is 4.79 Å². The average Bonchev–Trinajstić information content (AvgIpc) is 2.27. The Labute approximate surface area is 95.7 Å². The highest BCUT2D eigenvalue weighted by Gasteiger charge is 2.04. The minimum atomic E-state index is -0.0236. The van der Waals surface area contributed by atoms with Gasteiger partial charge < -0.3 is 10.6 Å². The van der Waals surface area contributed by atoms with Crippen LogP contribution in [-0.2, 0) is 4.79 Å². The molecule has 1 heterocycles. The lowest BCUT2D eigenvalue weighted by Gasteiger charge is -2.08. The predicted molar refractivity (Wildman–Crippen MR) is 63.3 cm³/mol. The topological polar surface area (TPSA) is 66.9 Å². The second-order valence-corrected chi connectivity index (χ2v) is 3.65. The highest BCUT2D eigenvalue weighted by Crippen LogP contribution is 2.07. The van der Waals surface area contributed by atoms with Gasteiger partial charge in [0.2, 0.25) is 5.91 Å². The molecule has 1 aromatic heterocycles. The summed E-state index contributed by atoms with van der Waals surface area (Å²) >= 11 is 0. The van der Waals surface area contributed by atoms with Crippen LogP contribution in [0.3, 0.4) is 0 Å². The molecule has 88 valence electrons. The maximum absolute atomic E-state index is 11.3. The first-order valence-electron chi connectivity index (χ1n) is 5.44. The van der Waals surface area contributed by atoms with Gasteiger partial charge in [-0.2, -0.15) is 0 Å². The molecule has 1 aromatic rings. The molecule has 5 nitrogen and oxygen atoms in total. The van der Waals surface area contributed by atoms with Crippen molar-refractivity contribution in [1.29, 1.82) is 0 Å². The lowest BCUT2D eigenvalue weighted by atomic mass is 10.4. The molecule has 0 atom stereocenters. The largest absolute Gasteiger partial charge is 0.359 e. The second kappa shape index (κ2) is 6.05. The molecule has 0 unspecified atom stereocenters. The average molecular weight is 222 g/mol. The van der Waals surface area contributed by atoms with Crippen LogP contribution in [0.2, 0.25) is 0 Å². The van der Waals surface area contributed by atoms with Gasteiger partial charge in [0.05, 0.1) is 17.9 Å². The fourth-order valence-corrected chi connectivity index (χ4v) is 1.20. The van der Waals surface area contributed by atoms with E-state index in [4.69, 9.17) is 0 Å². The summed E-state index contributed by atoms with van der Waals surface area (Å²) < 4.78 is 0. The molecule has 0 saturated carbocycles. The summed E-state index contributed by atoms with van der Waals surface area (Å²) in [6.45, 7) is 6.69. The maximum Gasteiger partial charge on any atom is 0.239 e. The fourth-order valence-electron chi connectivity index (χ4n) is 1.20. The molecule has 0 radical (unpaired) electrons. The maximum atomic E-state index is 11.3. The summed E-state index contributed by atoms with van der Waals surface area (Å²) in [5, 5.41) is 5.76. The normalized spacial score (nSPS) is 9.94. The molecule has 1 amide bonds. The van der Waals surface area contributed by atoms with E-state index < -0.39 is 0 Å². The molecular weight excluding hydrogens is 204 g/mol. The van der Waals surface area contributed by atoms with Crippen molar-refractivity contribution in [1.82, 2.24) is 15.3 Å². The molecule has 16 heavy (non-hydrogen) atoms. The third-order valence-electron chi connectivity index (χ3n) is 2.06. The zero-order chi connectivity index (χ0) is 12.0. The van der Waals surface area contributed by atoms with E-state index in [1.54, 1.807) is 6.20 Å². The summed E-state index contributed by atoms with van der Waals surface area (Å²) in [7, 11) is 0. The number of aromatic nitrogens is 2. The highest BCUT2D eigenvalue weighted by atomic mass is 16.1. The number of carbonyl (C=O) groups is 1. The SMILES string of the molecule is CCCNC(=O)CNc1nc(C)cnc1C. The zero-order valence-electron chi connectivity index (χ0n) is 10.0. The molecule has 1 rings (SSSR count). The molecule has 5 heteroatoms. The minimum Gasteiger partial charge on any atom is -0.359 e. The van der Waals surface area contributed by atoms with Crippen LogP contribution in [0, 0.1) is 13.8 Å². The van der Waals surface area contributed by atoms with Gasteiger partial charge in [0.1, 0.15) is 5.82 Å². The summed E-state index contributed by atoms with van der Waals surface area (Å²) in [6, 6.07) is 0. The van der Waals surface area contributed by atoms with Gasteiger partial charge in [-0.1, -0.05) is 6.92 Å². The molecule has 0 saturated heterocycles. The van der Waals surface area contributed by atoms with Crippen LogP contribution in [0.5, 0.6) is 0 Å². The van der Waals surface area contributed by atoms with E-state index in [0.29, 0.717) is 12.4 Å². The highest BCUT2D eigenvalue weighted by molar-refractivity contribution is 5.80. The van der Waals surface area contributed by atoms with Gasteiger partial charge in [-0.25, -0.2) is 4.98 Å². The number of anilines is 1. The number of hydrogen-bond donors (Lipinski definition) is 2. The van der Waals surface area contributed by atoms with Gasteiger partial charge in [0.25, 0.3) is 0 Å². The number of nitrogens with one attached hydrogen (secondary N) is 2. The van der Waals surface area contributed by atoms with E-state index in [-0.39, 0.29) is 12.5 Å². The molecule has 0 aliphatic rings. The summed E-state index contributed by atoms with van der Waals surface area (Å²) in [5.74, 6) is 0.649. The third-order valence-corrected chi connectivity index (χ3v) is 2.06. The first-order valence-corrected chi connectivity index (χ1v) is 5.44. The van der Waals surface area contributed by atoms with Gasteiger partial charge in [-0.15, -0.1) is 0 Å². The molecule has 0 aromatic carbocycles. The smallest absolute Gasteiger partial charge is 0.239 e. The predicted octanol–water partition coefficient (Wildman–Crippen LogP) is 1.03. The van der Waals surface area contributed by atoms with E-state index in [2.05, 4.69) is 20.6 Å². The van der Waals surface area contributed by atoms with Crippen LogP contribution in [-0.4, -0.2) is 29.0 Å². The second-order valence-electron chi connectivity index (χ2n) is 3.65. The van der Waals surface area contributed by atoms with Crippen LogP contribution in [0.25, 0.3) is 0 Å². The van der Waals surface area contributed by atoms with E-state index in [0.717, 1.165) is 17.8 Å². The number of nitrogens with zero attached hydrogens (tertiary/aromatic N) is 2. The van der Waals surface area contributed by atoms with Crippen LogP contribution < -0.4 is 10.6 Å². The van der Waals surface area contributed by atoms with E-state index in [1.165, 1.54) is 0 Å². The van der Waals surface area contributed by atoms with Crippen molar-refractivity contribution in [3.05, 3.63) is 17.6 Å². The van der Waals surface area contributed by atoms with Crippen molar-refractivity contribution in [2.75, 3.05) is 18.4 Å². The fraction of sp³-hybridized carbons (Fsp3) is 0.545. The number of rotatable bonds is 5. The molecule has 0 fully saturated rings. The van der Waals surface area contributed by atoms with Crippen LogP contribution in [0.15, 0.2) is 6.20 Å². The Bertz CT molecular complexity index is 365. The van der Waals surface area contributed by atoms with Gasteiger partial charge in [-0.05, 0) is 20.3 Å². The van der Waals surface area contributed by atoms with E-state index in [1.807, 2.05) is 20.8 Å². The molecule has 0 bridgehead atoms. The third kappa shape index (κ3) is 3.84. The van der Waals surface area contributed by atoms with Crippen LogP contribution in [0.4, 0.5) is 5.82 Å². The lowest BCUT2D eigenvalue weighted by molar-refractivity contribution is -0.119. The molecule has 0 spiro atoms. The first-order chi connectivity index (χ1) is 7.63. The minimum absolute atomic E-state index is 0.0236. The Morgan fingerprint density at radius 1 is 1.44 bits per heavy atom. The quantitative estimate of drug-likeness (QED) is 0.781. The number of amides is 1. The van der Waals surface area contributed by atoms with Crippen LogP contribution in [0.1, 0.15) is 24.7 Å². The summed E-state index contributed by atoms with van der Waals surface area (Å²) in [4.78, 5) is 19.8. The van der Waals surface area contributed by atoms with Crippen molar-refractivity contribution in [2.45, 2.75) is 27.2 Å². The van der Waals surface area contributed by atoms with Crippen molar-refractivity contribution in [2.24, 2.45) is 0 Å². The zero-order valence-corrected chi connectivity index (χ0v) is 10.0. The molecular formula is C11H18N4O. The van der Waals surface area contributed by atoms with Gasteiger partial charge in [0, 0.05) is 12.7 Å². The van der Waals surface area contributed by atoms with Gasteiger partial charge in [0.15, 0.2) is 0 Å². The standard InChI is InChI=1S/C11H18N4O/c1-4-5-12-10(16)7-14-11-9(3)13-6-8(2)15-11/h6H,4-5,7H2,1-3H3,(H,12,16)(H,14,15). The Kier molecular flexibility index (Phi) is 4.69. The number of carbonyl (C=O) groups excluding carboxylic acids is 1. The van der Waals surface area contributed by atoms with Gasteiger partial charge in [-0.3, -0.25) is 9.78 Å².